The van der Waals surface area contributed by atoms with Crippen LogP contribution in [-0.4, -0.2) is 37.2 Å². The molecule has 0 aromatic heterocycles. The molecule has 0 rings (SSSR count). The molecule has 6 nitrogen and oxygen atoms in total. The topological polar surface area (TPSA) is 78.9 Å². The maximum atomic E-state index is 12.8. The molecule has 0 heterocycles. The van der Waals surface area contributed by atoms with Crippen molar-refractivity contribution in [3.8, 4) is 0 Å². The number of allylic oxidation sites excluding steroid dienone is 10. The summed E-state index contributed by atoms with van der Waals surface area (Å²) in [6.45, 7) is 6.44. The van der Waals surface area contributed by atoms with E-state index in [0.717, 1.165) is 70.6 Å². The zero-order chi connectivity index (χ0) is 44.4. The van der Waals surface area contributed by atoms with E-state index >= 15 is 0 Å². The van der Waals surface area contributed by atoms with Gasteiger partial charge < -0.3 is 14.2 Å². The van der Waals surface area contributed by atoms with Crippen LogP contribution in [0.2, 0.25) is 0 Å². The first-order chi connectivity index (χ1) is 30.0. The Morgan fingerprint density at radius 1 is 0.344 bits per heavy atom. The van der Waals surface area contributed by atoms with Crippen molar-refractivity contribution in [1.29, 1.82) is 0 Å². The van der Waals surface area contributed by atoms with Crippen LogP contribution in [0.15, 0.2) is 60.8 Å². The van der Waals surface area contributed by atoms with Crippen LogP contribution >= 0.6 is 0 Å². The van der Waals surface area contributed by atoms with Gasteiger partial charge in [0, 0.05) is 19.3 Å². The molecule has 61 heavy (non-hydrogen) atoms. The van der Waals surface area contributed by atoms with E-state index in [4.69, 9.17) is 14.2 Å². The summed E-state index contributed by atoms with van der Waals surface area (Å²) in [5.74, 6) is -0.987. The lowest BCUT2D eigenvalue weighted by molar-refractivity contribution is -0.167. The Balaban J connectivity index is 4.39. The van der Waals surface area contributed by atoms with E-state index in [0.29, 0.717) is 19.3 Å². The van der Waals surface area contributed by atoms with Crippen molar-refractivity contribution in [1.82, 2.24) is 0 Å². The van der Waals surface area contributed by atoms with Gasteiger partial charge in [0.2, 0.25) is 0 Å². The molecule has 0 bridgehead atoms. The van der Waals surface area contributed by atoms with E-state index < -0.39 is 6.10 Å². The monoisotopic (exact) mass is 853 g/mol. The van der Waals surface area contributed by atoms with Crippen LogP contribution in [0.5, 0.6) is 0 Å². The Morgan fingerprint density at radius 3 is 1.10 bits per heavy atom. The van der Waals surface area contributed by atoms with Gasteiger partial charge in [-0.25, -0.2) is 0 Å². The summed E-state index contributed by atoms with van der Waals surface area (Å²) in [6.07, 6.45) is 60.9. The van der Waals surface area contributed by atoms with E-state index in [2.05, 4.69) is 81.5 Å². The quantitative estimate of drug-likeness (QED) is 0.0263. The highest BCUT2D eigenvalue weighted by atomic mass is 16.6. The number of carbonyl (C=O) groups excluding carboxylic acids is 3. The number of rotatable bonds is 46. The zero-order valence-electron chi connectivity index (χ0n) is 40.2. The molecule has 0 saturated carbocycles. The minimum atomic E-state index is -0.803. The van der Waals surface area contributed by atoms with Crippen LogP contribution in [0.1, 0.15) is 252 Å². The fourth-order valence-corrected chi connectivity index (χ4v) is 7.14. The molecule has 0 aromatic rings. The minimum Gasteiger partial charge on any atom is -0.462 e. The predicted molar refractivity (Wildman–Crippen MR) is 261 cm³/mol. The summed E-state index contributed by atoms with van der Waals surface area (Å²) in [5.41, 5.74) is 0. The Kier molecular flexibility index (Phi) is 47.4. The molecule has 0 spiro atoms. The molecule has 352 valence electrons. The van der Waals surface area contributed by atoms with E-state index in [9.17, 15) is 14.4 Å². The lowest BCUT2D eigenvalue weighted by Gasteiger charge is -2.18. The smallest absolute Gasteiger partial charge is 0.306 e. The molecule has 0 aliphatic rings. The number of ether oxygens (including phenoxy) is 3. The zero-order valence-corrected chi connectivity index (χ0v) is 40.2. The van der Waals surface area contributed by atoms with Crippen LogP contribution in [-0.2, 0) is 28.6 Å². The second kappa shape index (κ2) is 49.8. The lowest BCUT2D eigenvalue weighted by atomic mass is 10.0. The molecule has 0 aromatic carbocycles. The summed E-state index contributed by atoms with van der Waals surface area (Å²) in [7, 11) is 0. The molecule has 0 radical (unpaired) electrons. The maximum Gasteiger partial charge on any atom is 0.306 e. The Bertz CT molecular complexity index is 1120. The molecule has 6 heteroatoms. The second-order valence-electron chi connectivity index (χ2n) is 17.1. The van der Waals surface area contributed by atoms with E-state index in [1.807, 2.05) is 0 Å². The van der Waals surface area contributed by atoms with Crippen LogP contribution < -0.4 is 0 Å². The van der Waals surface area contributed by atoms with Gasteiger partial charge in [-0.05, 0) is 77.0 Å². The summed E-state index contributed by atoms with van der Waals surface area (Å²) in [6, 6.07) is 0. The molecule has 0 aliphatic carbocycles. The number of carbonyl (C=O) groups is 3. The standard InChI is InChI=1S/C55H96O6/c1-4-7-10-13-16-19-21-23-25-27-29-31-33-36-39-42-45-48-54(57)60-51-52(50-59-53(56)47-44-41-38-35-18-15-12-9-6-3)61-55(58)49-46-43-40-37-34-32-30-28-26-24-22-20-17-14-11-8-5-2/h9,12,18,23,25,29,31,35-36,39,52H,4-8,10-11,13-17,19-22,24,26-28,30,32-34,37-38,40-51H2,1-3H3/b12-9-,25-23-,31-29-,35-18-,39-36-. The third-order valence-electron chi connectivity index (χ3n) is 11.0. The van der Waals surface area contributed by atoms with Crippen molar-refractivity contribution >= 4 is 17.9 Å². The summed E-state index contributed by atoms with van der Waals surface area (Å²) in [5, 5.41) is 0. The van der Waals surface area contributed by atoms with Gasteiger partial charge in [-0.3, -0.25) is 14.4 Å². The van der Waals surface area contributed by atoms with Crippen molar-refractivity contribution in [2.45, 2.75) is 258 Å². The first kappa shape index (κ1) is 58.1. The summed E-state index contributed by atoms with van der Waals surface area (Å²) in [4.78, 5) is 37.8. The molecule has 1 unspecified atom stereocenters. The molecule has 0 saturated heterocycles. The van der Waals surface area contributed by atoms with Gasteiger partial charge in [-0.15, -0.1) is 0 Å². The third-order valence-corrected chi connectivity index (χ3v) is 11.0. The van der Waals surface area contributed by atoms with Gasteiger partial charge in [0.05, 0.1) is 0 Å². The molecule has 0 N–H and O–H groups in total. The van der Waals surface area contributed by atoms with E-state index in [-0.39, 0.29) is 37.5 Å². The first-order valence-corrected chi connectivity index (χ1v) is 25.8. The largest absolute Gasteiger partial charge is 0.462 e. The van der Waals surface area contributed by atoms with Gasteiger partial charge in [0.25, 0.3) is 0 Å². The van der Waals surface area contributed by atoms with Gasteiger partial charge in [0.15, 0.2) is 6.10 Å². The average Bonchev–Trinajstić information content (AvgIpc) is 3.26. The second-order valence-corrected chi connectivity index (χ2v) is 17.1. The van der Waals surface area contributed by atoms with E-state index in [1.165, 1.54) is 135 Å². The fraction of sp³-hybridized carbons (Fsp3) is 0.764. The molecule has 0 amide bonds. The summed E-state index contributed by atoms with van der Waals surface area (Å²) >= 11 is 0. The fourth-order valence-electron chi connectivity index (χ4n) is 7.14. The van der Waals surface area contributed by atoms with Crippen LogP contribution in [0.3, 0.4) is 0 Å². The van der Waals surface area contributed by atoms with Crippen molar-refractivity contribution in [2.75, 3.05) is 13.2 Å². The third kappa shape index (κ3) is 48.0. The number of esters is 3. The predicted octanol–water partition coefficient (Wildman–Crippen LogP) is 16.9. The molecule has 0 aliphatic heterocycles. The van der Waals surface area contributed by atoms with Gasteiger partial charge in [-0.2, -0.15) is 0 Å². The summed E-state index contributed by atoms with van der Waals surface area (Å²) < 4.78 is 16.7. The van der Waals surface area contributed by atoms with Gasteiger partial charge in [0.1, 0.15) is 13.2 Å². The number of unbranched alkanes of at least 4 members (excludes halogenated alkanes) is 25. The average molecular weight is 853 g/mol. The van der Waals surface area contributed by atoms with Crippen molar-refractivity contribution in [2.24, 2.45) is 0 Å². The Morgan fingerprint density at radius 2 is 0.656 bits per heavy atom. The lowest BCUT2D eigenvalue weighted by Crippen LogP contribution is -2.30. The van der Waals surface area contributed by atoms with Crippen LogP contribution in [0, 0.1) is 0 Å². The molecular formula is C55H96O6. The van der Waals surface area contributed by atoms with Crippen molar-refractivity contribution < 1.29 is 28.6 Å². The Hall–Kier alpha value is -2.89. The van der Waals surface area contributed by atoms with Crippen molar-refractivity contribution in [3.63, 3.8) is 0 Å². The highest BCUT2D eigenvalue weighted by Gasteiger charge is 2.19. The highest BCUT2D eigenvalue weighted by Crippen LogP contribution is 2.15. The highest BCUT2D eigenvalue weighted by molar-refractivity contribution is 5.71. The van der Waals surface area contributed by atoms with E-state index in [1.54, 1.807) is 0 Å². The van der Waals surface area contributed by atoms with Gasteiger partial charge >= 0.3 is 17.9 Å². The normalized spacial score (nSPS) is 12.5. The number of hydrogen-bond donors (Lipinski definition) is 0. The SMILES string of the molecule is CC/C=C\C/C=C\CCCCC(=O)OCC(COC(=O)CCC/C=C\C/C=C\C/C=C\CCCCCCCC)OC(=O)CCCCCCCCCCCCCCCCCCC. The maximum absolute atomic E-state index is 12.8. The first-order valence-electron chi connectivity index (χ1n) is 25.8. The number of hydrogen-bond acceptors (Lipinski definition) is 6. The Labute approximate surface area is 377 Å². The molecule has 0 fully saturated rings. The molecular weight excluding hydrogens is 757 g/mol. The molecule has 1 atom stereocenters. The van der Waals surface area contributed by atoms with Crippen LogP contribution in [0.4, 0.5) is 0 Å². The minimum absolute atomic E-state index is 0.105. The van der Waals surface area contributed by atoms with Crippen LogP contribution in [0.25, 0.3) is 0 Å². The van der Waals surface area contributed by atoms with Crippen molar-refractivity contribution in [3.05, 3.63) is 60.8 Å². The van der Waals surface area contributed by atoms with Gasteiger partial charge in [-0.1, -0.05) is 216 Å².